The summed E-state index contributed by atoms with van der Waals surface area (Å²) in [6.07, 6.45) is 2.68. The normalized spacial score (nSPS) is 13.5. The van der Waals surface area contributed by atoms with Crippen LogP contribution < -0.4 is 20.7 Å². The van der Waals surface area contributed by atoms with Crippen molar-refractivity contribution in [1.29, 1.82) is 0 Å². The summed E-state index contributed by atoms with van der Waals surface area (Å²) in [5, 5.41) is 0. The van der Waals surface area contributed by atoms with Crippen LogP contribution in [0.1, 0.15) is 49.8 Å². The minimum absolute atomic E-state index is 0. The second kappa shape index (κ2) is 10.5. The molecule has 34 heavy (non-hydrogen) atoms. The minimum atomic E-state index is -0.0641. The largest absolute Gasteiger partial charge is 0.493 e. The lowest BCUT2D eigenvalue weighted by molar-refractivity contribution is 0.354. The Balaban J connectivity index is 0.00000324. The highest BCUT2D eigenvalue weighted by Gasteiger charge is 2.22. The van der Waals surface area contributed by atoms with E-state index in [1.807, 2.05) is 22.8 Å². The number of hydrogen-bond acceptors (Lipinski definition) is 4. The van der Waals surface area contributed by atoms with E-state index >= 15 is 0 Å². The van der Waals surface area contributed by atoms with Crippen LogP contribution in [-0.2, 0) is 26.4 Å². The highest BCUT2D eigenvalue weighted by molar-refractivity contribution is 5.85. The fourth-order valence-corrected chi connectivity index (χ4v) is 4.59. The number of ether oxygens (including phenoxy) is 2. The molecule has 4 rings (SSSR count). The fraction of sp³-hybridized carbons (Fsp3) is 0.407. The maximum atomic E-state index is 13.4. The molecular formula is C27H34ClN3O3. The number of para-hydroxylation sites is 1. The number of hydrogen-bond donors (Lipinski definition) is 0. The van der Waals surface area contributed by atoms with Crippen LogP contribution in [-0.4, -0.2) is 23.4 Å². The molecule has 7 heteroatoms. The van der Waals surface area contributed by atoms with Crippen LogP contribution in [0, 0.1) is 0 Å². The van der Waals surface area contributed by atoms with E-state index in [4.69, 9.17) is 14.5 Å². The Morgan fingerprint density at radius 2 is 1.79 bits per heavy atom. The Bertz CT molecular complexity index is 1320. The van der Waals surface area contributed by atoms with Crippen molar-refractivity contribution in [1.82, 2.24) is 9.13 Å². The van der Waals surface area contributed by atoms with Crippen LogP contribution >= 0.6 is 12.4 Å². The van der Waals surface area contributed by atoms with Crippen molar-refractivity contribution in [2.45, 2.75) is 52.5 Å². The van der Waals surface area contributed by atoms with Crippen LogP contribution in [0.25, 0.3) is 11.3 Å². The van der Waals surface area contributed by atoms with Gasteiger partial charge in [0.1, 0.15) is 5.49 Å². The van der Waals surface area contributed by atoms with Gasteiger partial charge in [-0.3, -0.25) is 9.13 Å². The average Bonchev–Trinajstić information content (AvgIpc) is 2.85. The average molecular weight is 484 g/mol. The molecule has 3 aromatic rings. The van der Waals surface area contributed by atoms with Crippen molar-refractivity contribution in [3.63, 3.8) is 0 Å². The Labute approximate surface area is 207 Å². The van der Waals surface area contributed by atoms with E-state index < -0.39 is 0 Å². The molecule has 1 aliphatic heterocycles. The van der Waals surface area contributed by atoms with Crippen molar-refractivity contribution in [3.05, 3.63) is 69.1 Å². The molecule has 0 saturated carbocycles. The maximum Gasteiger partial charge on any atom is 0.329 e. The molecule has 0 aliphatic carbocycles. The summed E-state index contributed by atoms with van der Waals surface area (Å²) in [6.45, 7) is 7.18. The van der Waals surface area contributed by atoms with Crippen molar-refractivity contribution < 1.29 is 9.47 Å². The third kappa shape index (κ3) is 4.39. The van der Waals surface area contributed by atoms with E-state index in [-0.39, 0.29) is 18.1 Å². The van der Waals surface area contributed by atoms with Crippen LogP contribution in [0.15, 0.2) is 46.2 Å². The van der Waals surface area contributed by atoms with E-state index in [0.717, 1.165) is 41.8 Å². The van der Waals surface area contributed by atoms with Crippen molar-refractivity contribution >= 4 is 18.1 Å². The van der Waals surface area contributed by atoms with E-state index in [1.54, 1.807) is 25.8 Å². The minimum Gasteiger partial charge on any atom is -0.493 e. The Morgan fingerprint density at radius 3 is 2.44 bits per heavy atom. The standard InChI is InChI=1S/C27H33N3O3.ClH/c1-7-17(3)20-11-9-10-18(8-2)26(20)28-25-16-22-21-15-24(33-6)23(32-5)14-19(21)12-13-30(22)27(31)29(25)4;/h9-11,14-17H,7-8,12-13H2,1-6H3;1H. The molecule has 6 nitrogen and oxygen atoms in total. The van der Waals surface area contributed by atoms with E-state index in [0.29, 0.717) is 29.4 Å². The number of rotatable bonds is 6. The molecule has 0 radical (unpaired) electrons. The number of aromatic nitrogens is 2. The van der Waals surface area contributed by atoms with Crippen molar-refractivity contribution in [3.8, 4) is 22.8 Å². The zero-order valence-corrected chi connectivity index (χ0v) is 21.7. The van der Waals surface area contributed by atoms with Gasteiger partial charge >= 0.3 is 5.69 Å². The van der Waals surface area contributed by atoms with Gasteiger partial charge in [-0.15, -0.1) is 12.4 Å². The molecule has 0 N–H and O–H groups in total. The number of benzene rings is 2. The van der Waals surface area contributed by atoms with Gasteiger partial charge in [0.15, 0.2) is 11.5 Å². The van der Waals surface area contributed by atoms with Gasteiger partial charge in [-0.2, -0.15) is 0 Å². The predicted octanol–water partition coefficient (Wildman–Crippen LogP) is 5.16. The molecular weight excluding hydrogens is 450 g/mol. The lowest BCUT2D eigenvalue weighted by atomic mass is 9.93. The molecule has 1 aromatic heterocycles. The molecule has 1 unspecified atom stereocenters. The quantitative estimate of drug-likeness (QED) is 0.486. The smallest absolute Gasteiger partial charge is 0.329 e. The summed E-state index contributed by atoms with van der Waals surface area (Å²) >= 11 is 0. The molecule has 0 bridgehead atoms. The van der Waals surface area contributed by atoms with Crippen LogP contribution in [0.5, 0.6) is 11.5 Å². The van der Waals surface area contributed by atoms with Gasteiger partial charge < -0.3 is 9.47 Å². The van der Waals surface area contributed by atoms with Gasteiger partial charge in [0.05, 0.1) is 25.6 Å². The zero-order chi connectivity index (χ0) is 23.7. The SMILES string of the molecule is CCc1cccc(C(C)CC)c1N=c1cc2n(c(=O)n1C)CCc1cc(OC)c(OC)cc1-2.Cl. The Hall–Kier alpha value is -2.99. The van der Waals surface area contributed by atoms with Crippen molar-refractivity contribution in [2.24, 2.45) is 12.0 Å². The Morgan fingerprint density at radius 1 is 1.09 bits per heavy atom. The highest BCUT2D eigenvalue weighted by Crippen LogP contribution is 2.37. The summed E-state index contributed by atoms with van der Waals surface area (Å²) in [4.78, 5) is 18.4. The number of nitrogens with zero attached hydrogens (tertiary/aromatic N) is 3. The monoisotopic (exact) mass is 483 g/mol. The van der Waals surface area contributed by atoms with Crippen LogP contribution in [0.3, 0.4) is 0 Å². The first kappa shape index (κ1) is 25.6. The summed E-state index contributed by atoms with van der Waals surface area (Å²) in [5.74, 6) is 1.74. The molecule has 182 valence electrons. The third-order valence-corrected chi connectivity index (χ3v) is 6.81. The number of halogens is 1. The number of fused-ring (bicyclic) bond motifs is 3. The van der Waals surface area contributed by atoms with Gasteiger partial charge in [-0.25, -0.2) is 9.79 Å². The summed E-state index contributed by atoms with van der Waals surface area (Å²) < 4.78 is 14.5. The van der Waals surface area contributed by atoms with Gasteiger partial charge in [-0.1, -0.05) is 39.0 Å². The molecule has 0 saturated heterocycles. The second-order valence-corrected chi connectivity index (χ2v) is 8.62. The number of methoxy groups -OCH3 is 2. The second-order valence-electron chi connectivity index (χ2n) is 8.62. The van der Waals surface area contributed by atoms with E-state index in [9.17, 15) is 4.79 Å². The molecule has 2 heterocycles. The molecule has 0 amide bonds. The first-order chi connectivity index (χ1) is 15.9. The van der Waals surface area contributed by atoms with Crippen molar-refractivity contribution in [2.75, 3.05) is 14.2 Å². The van der Waals surface area contributed by atoms with Gasteiger partial charge in [0.25, 0.3) is 0 Å². The summed E-state index contributed by atoms with van der Waals surface area (Å²) in [7, 11) is 5.07. The first-order valence-electron chi connectivity index (χ1n) is 11.7. The summed E-state index contributed by atoms with van der Waals surface area (Å²) in [6, 6.07) is 12.4. The van der Waals surface area contributed by atoms with E-state index in [1.165, 1.54) is 11.1 Å². The molecule has 0 fully saturated rings. The first-order valence-corrected chi connectivity index (χ1v) is 11.7. The van der Waals surface area contributed by atoms with Gasteiger partial charge in [-0.05, 0) is 54.0 Å². The fourth-order valence-electron chi connectivity index (χ4n) is 4.59. The van der Waals surface area contributed by atoms with Gasteiger partial charge in [0.2, 0.25) is 0 Å². The number of aryl methyl sites for hydroxylation is 2. The molecule has 0 spiro atoms. The molecule has 1 atom stereocenters. The maximum absolute atomic E-state index is 13.4. The predicted molar refractivity (Wildman–Crippen MR) is 139 cm³/mol. The van der Waals surface area contributed by atoms with Crippen LogP contribution in [0.4, 0.5) is 5.69 Å². The third-order valence-electron chi connectivity index (χ3n) is 6.81. The summed E-state index contributed by atoms with van der Waals surface area (Å²) in [5.41, 5.74) is 6.97. The van der Waals surface area contributed by atoms with Crippen LogP contribution in [0.2, 0.25) is 0 Å². The molecule has 2 aromatic carbocycles. The zero-order valence-electron chi connectivity index (χ0n) is 20.8. The molecule has 1 aliphatic rings. The highest BCUT2D eigenvalue weighted by atomic mass is 35.5. The Kier molecular flexibility index (Phi) is 7.93. The lowest BCUT2D eigenvalue weighted by Crippen LogP contribution is -2.40. The topological polar surface area (TPSA) is 57.8 Å². The lowest BCUT2D eigenvalue weighted by Gasteiger charge is -2.24. The van der Waals surface area contributed by atoms with Gasteiger partial charge in [0, 0.05) is 25.2 Å². The van der Waals surface area contributed by atoms with E-state index in [2.05, 4.69) is 39.0 Å².